The van der Waals surface area contributed by atoms with Crippen LogP contribution in [0.2, 0.25) is 0 Å². The van der Waals surface area contributed by atoms with Crippen LogP contribution in [0.5, 0.6) is 0 Å². The van der Waals surface area contributed by atoms with Gasteiger partial charge in [-0.15, -0.1) is 11.8 Å². The standard InChI is InChI=1S/C8H7N3O4S/c12-6-2-16-3-7(13)11(6)5-1-4(8(14)15)9-10-5/h1H,2-3H2,(H,9,10)(H,14,15). The molecule has 1 saturated heterocycles. The Balaban J connectivity index is 2.31. The molecule has 0 unspecified atom stereocenters. The van der Waals surface area contributed by atoms with E-state index in [1.54, 1.807) is 0 Å². The molecular formula is C8H7N3O4S. The minimum atomic E-state index is -1.19. The minimum absolute atomic E-state index is 0.0349. The van der Waals surface area contributed by atoms with Crippen LogP contribution in [0.15, 0.2) is 6.07 Å². The lowest BCUT2D eigenvalue weighted by molar-refractivity contribution is -0.124. The van der Waals surface area contributed by atoms with Crippen molar-refractivity contribution in [3.8, 4) is 0 Å². The molecule has 0 atom stereocenters. The number of thioether (sulfide) groups is 1. The van der Waals surface area contributed by atoms with E-state index in [1.165, 1.54) is 11.8 Å². The number of hydrogen-bond donors (Lipinski definition) is 2. The van der Waals surface area contributed by atoms with E-state index < -0.39 is 5.97 Å². The number of hydrogen-bond acceptors (Lipinski definition) is 5. The molecule has 84 valence electrons. The Hall–Kier alpha value is -1.83. The molecule has 8 heteroatoms. The highest BCUT2D eigenvalue weighted by Crippen LogP contribution is 2.19. The second kappa shape index (κ2) is 3.97. The highest BCUT2D eigenvalue weighted by atomic mass is 32.2. The lowest BCUT2D eigenvalue weighted by Crippen LogP contribution is -2.43. The molecule has 2 rings (SSSR count). The quantitative estimate of drug-likeness (QED) is 0.690. The van der Waals surface area contributed by atoms with Gasteiger partial charge in [0.25, 0.3) is 0 Å². The molecule has 0 spiro atoms. The summed E-state index contributed by atoms with van der Waals surface area (Å²) in [4.78, 5) is 34.4. The summed E-state index contributed by atoms with van der Waals surface area (Å²) >= 11 is 1.23. The number of nitrogens with zero attached hydrogens (tertiary/aromatic N) is 2. The number of anilines is 1. The Morgan fingerprint density at radius 2 is 2.06 bits per heavy atom. The SMILES string of the molecule is O=C(O)c1cc(N2C(=O)CSCC2=O)n[nH]1. The van der Waals surface area contributed by atoms with Gasteiger partial charge in [-0.1, -0.05) is 0 Å². The third kappa shape index (κ3) is 1.78. The van der Waals surface area contributed by atoms with Crippen LogP contribution in [0.4, 0.5) is 5.82 Å². The van der Waals surface area contributed by atoms with Gasteiger partial charge in [0, 0.05) is 6.07 Å². The van der Waals surface area contributed by atoms with E-state index in [-0.39, 0.29) is 34.8 Å². The summed E-state index contributed by atoms with van der Waals surface area (Å²) in [6.07, 6.45) is 0. The topological polar surface area (TPSA) is 103 Å². The second-order valence-corrected chi connectivity index (χ2v) is 4.05. The third-order valence-electron chi connectivity index (χ3n) is 1.97. The molecule has 2 amide bonds. The first-order valence-electron chi connectivity index (χ1n) is 4.32. The molecule has 0 aliphatic carbocycles. The van der Waals surface area contributed by atoms with Gasteiger partial charge in [0.1, 0.15) is 5.69 Å². The number of aromatic carboxylic acids is 1. The molecule has 1 aromatic rings. The Morgan fingerprint density at radius 3 is 2.56 bits per heavy atom. The molecule has 1 aromatic heterocycles. The fourth-order valence-electron chi connectivity index (χ4n) is 1.28. The molecule has 1 aliphatic heterocycles. The highest BCUT2D eigenvalue weighted by Gasteiger charge is 2.30. The average Bonchev–Trinajstić information content (AvgIpc) is 2.66. The van der Waals surface area contributed by atoms with Gasteiger partial charge in [0.15, 0.2) is 5.82 Å². The maximum atomic E-state index is 11.5. The van der Waals surface area contributed by atoms with Gasteiger partial charge < -0.3 is 5.11 Å². The largest absolute Gasteiger partial charge is 0.477 e. The van der Waals surface area contributed by atoms with Gasteiger partial charge >= 0.3 is 5.97 Å². The number of imide groups is 1. The summed E-state index contributed by atoms with van der Waals surface area (Å²) in [5, 5.41) is 14.5. The van der Waals surface area contributed by atoms with Gasteiger partial charge in [-0.3, -0.25) is 14.7 Å². The monoisotopic (exact) mass is 241 g/mol. The zero-order valence-corrected chi connectivity index (χ0v) is 8.78. The number of carboxylic acids is 1. The fraction of sp³-hybridized carbons (Fsp3) is 0.250. The van der Waals surface area contributed by atoms with Crippen molar-refractivity contribution in [1.82, 2.24) is 10.2 Å². The third-order valence-corrected chi connectivity index (χ3v) is 2.88. The number of H-pyrrole nitrogens is 1. The highest BCUT2D eigenvalue weighted by molar-refractivity contribution is 8.00. The lowest BCUT2D eigenvalue weighted by atomic mass is 10.4. The molecule has 1 fully saturated rings. The normalized spacial score (nSPS) is 16.6. The zero-order valence-electron chi connectivity index (χ0n) is 7.97. The van der Waals surface area contributed by atoms with Crippen LogP contribution in [-0.2, 0) is 9.59 Å². The smallest absolute Gasteiger partial charge is 0.353 e. The fourth-order valence-corrected chi connectivity index (χ4v) is 1.99. The summed E-state index contributed by atoms with van der Waals surface area (Å²) in [5.74, 6) is -1.53. The van der Waals surface area contributed by atoms with E-state index in [1.807, 2.05) is 0 Å². The number of rotatable bonds is 2. The number of nitrogens with one attached hydrogen (secondary N) is 1. The average molecular weight is 241 g/mol. The number of aromatic nitrogens is 2. The van der Waals surface area contributed by atoms with Gasteiger partial charge in [0.2, 0.25) is 11.8 Å². The first-order chi connectivity index (χ1) is 7.59. The molecule has 16 heavy (non-hydrogen) atoms. The van der Waals surface area contributed by atoms with Crippen molar-refractivity contribution in [2.45, 2.75) is 0 Å². The van der Waals surface area contributed by atoms with Crippen molar-refractivity contribution in [1.29, 1.82) is 0 Å². The molecule has 0 saturated carbocycles. The van der Waals surface area contributed by atoms with Gasteiger partial charge in [-0.05, 0) is 0 Å². The maximum Gasteiger partial charge on any atom is 0.353 e. The molecule has 7 nitrogen and oxygen atoms in total. The lowest BCUT2D eigenvalue weighted by Gasteiger charge is -2.21. The van der Waals surface area contributed by atoms with Crippen molar-refractivity contribution in [2.24, 2.45) is 0 Å². The summed E-state index contributed by atoms with van der Waals surface area (Å²) in [6.45, 7) is 0. The van der Waals surface area contributed by atoms with Crippen molar-refractivity contribution in [3.63, 3.8) is 0 Å². The first kappa shape index (κ1) is 10.7. The van der Waals surface area contributed by atoms with Crippen LogP contribution in [0, 0.1) is 0 Å². The first-order valence-corrected chi connectivity index (χ1v) is 5.47. The molecule has 1 aliphatic rings. The molecule has 0 radical (unpaired) electrons. The van der Waals surface area contributed by atoms with Crippen LogP contribution >= 0.6 is 11.8 Å². The summed E-state index contributed by atoms with van der Waals surface area (Å²) in [5.41, 5.74) is -0.158. The molecular weight excluding hydrogens is 234 g/mol. The maximum absolute atomic E-state index is 11.5. The van der Waals surface area contributed by atoms with Crippen LogP contribution in [0.25, 0.3) is 0 Å². The van der Waals surface area contributed by atoms with Crippen molar-refractivity contribution >= 4 is 35.4 Å². The summed E-state index contributed by atoms with van der Waals surface area (Å²) in [7, 11) is 0. The van der Waals surface area contributed by atoms with E-state index in [2.05, 4.69) is 10.2 Å². The summed E-state index contributed by atoms with van der Waals surface area (Å²) < 4.78 is 0. The molecule has 0 bridgehead atoms. The Labute approximate surface area is 93.8 Å². The zero-order chi connectivity index (χ0) is 11.7. The molecule has 2 heterocycles. The molecule has 0 aromatic carbocycles. The van der Waals surface area contributed by atoms with Crippen LogP contribution in [-0.4, -0.2) is 44.6 Å². The van der Waals surface area contributed by atoms with Crippen molar-refractivity contribution in [2.75, 3.05) is 16.4 Å². The van der Waals surface area contributed by atoms with Gasteiger partial charge in [0.05, 0.1) is 11.5 Å². The predicted octanol–water partition coefficient (Wildman–Crippen LogP) is -0.286. The number of carboxylic acid groups (broad SMARTS) is 1. The molecule has 2 N–H and O–H groups in total. The van der Waals surface area contributed by atoms with E-state index in [4.69, 9.17) is 5.11 Å². The Bertz CT molecular complexity index is 454. The van der Waals surface area contributed by atoms with E-state index >= 15 is 0 Å². The van der Waals surface area contributed by atoms with Crippen LogP contribution in [0.3, 0.4) is 0 Å². The Kier molecular flexibility index (Phi) is 2.65. The van der Waals surface area contributed by atoms with Gasteiger partial charge in [-0.2, -0.15) is 5.10 Å². The van der Waals surface area contributed by atoms with Crippen molar-refractivity contribution < 1.29 is 19.5 Å². The minimum Gasteiger partial charge on any atom is -0.477 e. The number of carbonyl (C=O) groups excluding carboxylic acids is 2. The Morgan fingerprint density at radius 1 is 1.44 bits per heavy atom. The van der Waals surface area contributed by atoms with Crippen LogP contribution in [0.1, 0.15) is 10.5 Å². The van der Waals surface area contributed by atoms with Crippen molar-refractivity contribution in [3.05, 3.63) is 11.8 Å². The second-order valence-electron chi connectivity index (χ2n) is 3.06. The van der Waals surface area contributed by atoms with E-state index in [9.17, 15) is 14.4 Å². The van der Waals surface area contributed by atoms with E-state index in [0.29, 0.717) is 0 Å². The van der Waals surface area contributed by atoms with Gasteiger partial charge in [-0.25, -0.2) is 9.69 Å². The van der Waals surface area contributed by atoms with Crippen LogP contribution < -0.4 is 4.90 Å². The number of carbonyl (C=O) groups is 3. The summed E-state index contributed by atoms with van der Waals surface area (Å²) in [6, 6.07) is 1.16. The number of amides is 2. The van der Waals surface area contributed by atoms with E-state index in [0.717, 1.165) is 11.0 Å². The number of aromatic amines is 1. The predicted molar refractivity (Wildman–Crippen MR) is 55.4 cm³/mol.